The number of halogens is 3. The van der Waals surface area contributed by atoms with Gasteiger partial charge in [-0.1, -0.05) is 57.3 Å². The molecule has 0 aliphatic carbocycles. The van der Waals surface area contributed by atoms with Gasteiger partial charge in [-0.15, -0.1) is 0 Å². The van der Waals surface area contributed by atoms with Crippen LogP contribution in [0.4, 0.5) is 0 Å². The number of benzene rings is 2. The van der Waals surface area contributed by atoms with Gasteiger partial charge in [0.1, 0.15) is 0 Å². The average molecular weight is 358 g/mol. The highest BCUT2D eigenvalue weighted by molar-refractivity contribution is 9.09. The van der Waals surface area contributed by atoms with Crippen LogP contribution in [0.2, 0.25) is 10.0 Å². The Balaban J connectivity index is 2.49. The standard InChI is InChI=1S/C16H15BrCl2/c1-9-4-5-12(14(18)6-9)16(17)13-7-10(2)11(3)8-15(13)19/h4-8,16H,1-3H3. The zero-order valence-corrected chi connectivity index (χ0v) is 14.2. The lowest BCUT2D eigenvalue weighted by Crippen LogP contribution is -1.97. The Bertz CT molecular complexity index is 620. The van der Waals surface area contributed by atoms with Gasteiger partial charge in [0.25, 0.3) is 0 Å². The molecule has 0 heterocycles. The van der Waals surface area contributed by atoms with E-state index in [2.05, 4.69) is 41.9 Å². The average Bonchev–Trinajstić information content (AvgIpc) is 2.33. The molecule has 0 amide bonds. The molecule has 3 heteroatoms. The SMILES string of the molecule is Cc1ccc(C(Br)c2cc(C)c(C)cc2Cl)c(Cl)c1. The van der Waals surface area contributed by atoms with E-state index in [1.54, 1.807) is 0 Å². The Morgan fingerprint density at radius 2 is 1.42 bits per heavy atom. The summed E-state index contributed by atoms with van der Waals surface area (Å²) in [6, 6.07) is 10.2. The van der Waals surface area contributed by atoms with E-state index in [0.29, 0.717) is 0 Å². The van der Waals surface area contributed by atoms with E-state index in [9.17, 15) is 0 Å². The van der Waals surface area contributed by atoms with Crippen molar-refractivity contribution in [2.24, 2.45) is 0 Å². The maximum Gasteiger partial charge on any atom is 0.0673 e. The first-order valence-electron chi connectivity index (χ1n) is 6.07. The fourth-order valence-corrected chi connectivity index (χ4v) is 3.72. The van der Waals surface area contributed by atoms with Crippen molar-refractivity contribution < 1.29 is 0 Å². The number of hydrogen-bond acceptors (Lipinski definition) is 0. The van der Waals surface area contributed by atoms with Crippen LogP contribution in [-0.4, -0.2) is 0 Å². The molecule has 2 rings (SSSR count). The Morgan fingerprint density at radius 1 is 0.842 bits per heavy atom. The summed E-state index contributed by atoms with van der Waals surface area (Å²) in [5.74, 6) is 0. The lowest BCUT2D eigenvalue weighted by atomic mass is 9.99. The molecule has 0 aliphatic rings. The summed E-state index contributed by atoms with van der Waals surface area (Å²) in [5, 5.41) is 1.53. The molecule has 1 atom stereocenters. The first-order valence-corrected chi connectivity index (χ1v) is 7.74. The van der Waals surface area contributed by atoms with Gasteiger partial charge in [-0.05, 0) is 60.7 Å². The molecule has 0 aliphatic heterocycles. The van der Waals surface area contributed by atoms with Gasteiger partial charge in [0, 0.05) is 10.0 Å². The van der Waals surface area contributed by atoms with Crippen LogP contribution in [0, 0.1) is 20.8 Å². The van der Waals surface area contributed by atoms with Crippen molar-refractivity contribution >= 4 is 39.1 Å². The molecule has 100 valence electrons. The van der Waals surface area contributed by atoms with Crippen LogP contribution in [0.15, 0.2) is 30.3 Å². The number of alkyl halides is 1. The molecule has 0 spiro atoms. The van der Waals surface area contributed by atoms with E-state index in [4.69, 9.17) is 23.2 Å². The summed E-state index contributed by atoms with van der Waals surface area (Å²) in [6.07, 6.45) is 0. The molecule has 0 saturated heterocycles. The monoisotopic (exact) mass is 356 g/mol. The third-order valence-corrected chi connectivity index (χ3v) is 4.96. The third kappa shape index (κ3) is 3.16. The van der Waals surface area contributed by atoms with Gasteiger partial charge in [-0.25, -0.2) is 0 Å². The number of aryl methyl sites for hydroxylation is 3. The lowest BCUT2D eigenvalue weighted by molar-refractivity contribution is 1.15. The first-order chi connectivity index (χ1) is 8.90. The third-order valence-electron chi connectivity index (χ3n) is 3.32. The molecule has 2 aromatic rings. The number of hydrogen-bond donors (Lipinski definition) is 0. The minimum Gasteiger partial charge on any atom is -0.0840 e. The summed E-state index contributed by atoms with van der Waals surface area (Å²) in [7, 11) is 0. The van der Waals surface area contributed by atoms with E-state index in [1.807, 2.05) is 25.1 Å². The normalized spacial score (nSPS) is 12.5. The Hall–Kier alpha value is -0.500. The Labute approximate surface area is 132 Å². The van der Waals surface area contributed by atoms with Crippen LogP contribution in [-0.2, 0) is 0 Å². The van der Waals surface area contributed by atoms with Crippen molar-refractivity contribution in [3.63, 3.8) is 0 Å². The maximum absolute atomic E-state index is 6.36. The molecule has 1 unspecified atom stereocenters. The van der Waals surface area contributed by atoms with Crippen molar-refractivity contribution in [1.29, 1.82) is 0 Å². The van der Waals surface area contributed by atoms with Crippen LogP contribution in [0.25, 0.3) is 0 Å². The zero-order chi connectivity index (χ0) is 14.2. The zero-order valence-electron chi connectivity index (χ0n) is 11.1. The summed E-state index contributed by atoms with van der Waals surface area (Å²) in [6.45, 7) is 6.18. The largest absolute Gasteiger partial charge is 0.0840 e. The molecule has 0 fully saturated rings. The van der Waals surface area contributed by atoms with E-state index >= 15 is 0 Å². The topological polar surface area (TPSA) is 0 Å². The molecule has 19 heavy (non-hydrogen) atoms. The van der Waals surface area contributed by atoms with Crippen molar-refractivity contribution in [3.8, 4) is 0 Å². The predicted molar refractivity (Wildman–Crippen MR) is 87.9 cm³/mol. The summed E-state index contributed by atoms with van der Waals surface area (Å²) in [4.78, 5) is 0.00685. The highest BCUT2D eigenvalue weighted by Gasteiger charge is 2.17. The fraction of sp³-hybridized carbons (Fsp3) is 0.250. The van der Waals surface area contributed by atoms with Gasteiger partial charge < -0.3 is 0 Å². The molecule has 0 aromatic heterocycles. The van der Waals surface area contributed by atoms with Crippen LogP contribution in [0.5, 0.6) is 0 Å². The van der Waals surface area contributed by atoms with E-state index in [-0.39, 0.29) is 4.83 Å². The van der Waals surface area contributed by atoms with E-state index in [0.717, 1.165) is 26.7 Å². The Kier molecular flexibility index (Phi) is 4.60. The van der Waals surface area contributed by atoms with Crippen LogP contribution >= 0.6 is 39.1 Å². The minimum atomic E-state index is 0.00685. The predicted octanol–water partition coefficient (Wildman–Crippen LogP) is 6.40. The quantitative estimate of drug-likeness (QED) is 0.545. The smallest absolute Gasteiger partial charge is 0.0673 e. The molecular formula is C16H15BrCl2. The summed E-state index contributed by atoms with van der Waals surface area (Å²) in [5.41, 5.74) is 5.67. The second-order valence-electron chi connectivity index (χ2n) is 4.85. The van der Waals surface area contributed by atoms with Gasteiger partial charge in [0.15, 0.2) is 0 Å². The summed E-state index contributed by atoms with van der Waals surface area (Å²) >= 11 is 16.4. The molecule has 0 N–H and O–H groups in total. The van der Waals surface area contributed by atoms with Crippen LogP contribution < -0.4 is 0 Å². The van der Waals surface area contributed by atoms with Gasteiger partial charge in [0.2, 0.25) is 0 Å². The summed E-state index contributed by atoms with van der Waals surface area (Å²) < 4.78 is 0. The second-order valence-corrected chi connectivity index (χ2v) is 6.58. The highest BCUT2D eigenvalue weighted by atomic mass is 79.9. The maximum atomic E-state index is 6.36. The van der Waals surface area contributed by atoms with E-state index < -0.39 is 0 Å². The van der Waals surface area contributed by atoms with Crippen molar-refractivity contribution in [3.05, 3.63) is 68.2 Å². The van der Waals surface area contributed by atoms with Gasteiger partial charge in [-0.2, -0.15) is 0 Å². The second kappa shape index (κ2) is 5.87. The lowest BCUT2D eigenvalue weighted by Gasteiger charge is -2.16. The van der Waals surface area contributed by atoms with Crippen molar-refractivity contribution in [2.75, 3.05) is 0 Å². The van der Waals surface area contributed by atoms with Gasteiger partial charge in [0.05, 0.1) is 4.83 Å². The van der Waals surface area contributed by atoms with Crippen molar-refractivity contribution in [2.45, 2.75) is 25.6 Å². The van der Waals surface area contributed by atoms with Crippen molar-refractivity contribution in [1.82, 2.24) is 0 Å². The molecule has 0 bridgehead atoms. The molecule has 0 radical (unpaired) electrons. The van der Waals surface area contributed by atoms with Crippen LogP contribution in [0.1, 0.15) is 32.6 Å². The highest BCUT2D eigenvalue weighted by Crippen LogP contribution is 2.39. The molecule has 0 nitrogen and oxygen atoms in total. The molecule has 0 saturated carbocycles. The van der Waals surface area contributed by atoms with Gasteiger partial charge >= 0.3 is 0 Å². The molecule has 2 aromatic carbocycles. The fourth-order valence-electron chi connectivity index (χ4n) is 2.00. The van der Waals surface area contributed by atoms with E-state index in [1.165, 1.54) is 11.1 Å². The first kappa shape index (κ1) is 14.9. The Morgan fingerprint density at radius 3 is 2.05 bits per heavy atom. The van der Waals surface area contributed by atoms with Crippen LogP contribution in [0.3, 0.4) is 0 Å². The molecular weight excluding hydrogens is 343 g/mol. The number of rotatable bonds is 2. The van der Waals surface area contributed by atoms with Gasteiger partial charge in [-0.3, -0.25) is 0 Å². The minimum absolute atomic E-state index is 0.00685.